The highest BCUT2D eigenvalue weighted by molar-refractivity contribution is 5.76. The third-order valence-corrected chi connectivity index (χ3v) is 1.85. The summed E-state index contributed by atoms with van der Waals surface area (Å²) in [6.07, 6.45) is 3.40. The summed E-state index contributed by atoms with van der Waals surface area (Å²) in [6.45, 7) is 0. The first kappa shape index (κ1) is 11.1. The summed E-state index contributed by atoms with van der Waals surface area (Å²) in [5.41, 5.74) is 5.59. The molecule has 0 bridgehead atoms. The number of hydrogen-bond acceptors (Lipinski definition) is 3. The summed E-state index contributed by atoms with van der Waals surface area (Å²) in [6, 6.07) is 4.93. The van der Waals surface area contributed by atoms with Gasteiger partial charge in [-0.3, -0.25) is 4.79 Å². The Bertz CT molecular complexity index is 385. The van der Waals surface area contributed by atoms with Gasteiger partial charge in [-0.05, 0) is 12.1 Å². The number of carbonyl (C=O) groups is 1. The molecule has 1 amide bonds. The number of rotatable bonds is 4. The zero-order chi connectivity index (χ0) is 11.3. The highest BCUT2D eigenvalue weighted by Crippen LogP contribution is 2.24. The quantitative estimate of drug-likeness (QED) is 0.781. The van der Waals surface area contributed by atoms with Crippen LogP contribution < -0.4 is 10.5 Å². The third-order valence-electron chi connectivity index (χ3n) is 1.85. The molecular formula is C11H13NO3. The summed E-state index contributed by atoms with van der Waals surface area (Å²) in [7, 11) is 1.53. The zero-order valence-electron chi connectivity index (χ0n) is 8.43. The molecule has 0 unspecified atom stereocenters. The fourth-order valence-electron chi connectivity index (χ4n) is 1.09. The van der Waals surface area contributed by atoms with Gasteiger partial charge in [-0.15, -0.1) is 0 Å². The van der Waals surface area contributed by atoms with Crippen LogP contribution in [0.3, 0.4) is 0 Å². The summed E-state index contributed by atoms with van der Waals surface area (Å²) in [5, 5.41) is 9.54. The Morgan fingerprint density at radius 2 is 2.33 bits per heavy atom. The number of phenols is 1. The summed E-state index contributed by atoms with van der Waals surface area (Å²) >= 11 is 0. The van der Waals surface area contributed by atoms with Gasteiger partial charge in [0.05, 0.1) is 7.11 Å². The Morgan fingerprint density at radius 3 is 2.87 bits per heavy atom. The van der Waals surface area contributed by atoms with Crippen LogP contribution in [0.25, 0.3) is 6.08 Å². The van der Waals surface area contributed by atoms with Gasteiger partial charge in [-0.2, -0.15) is 0 Å². The predicted molar refractivity (Wildman–Crippen MR) is 57.5 cm³/mol. The molecule has 0 aliphatic heterocycles. The Morgan fingerprint density at radius 1 is 1.60 bits per heavy atom. The van der Waals surface area contributed by atoms with Crippen LogP contribution in [0.15, 0.2) is 24.3 Å². The van der Waals surface area contributed by atoms with Crippen molar-refractivity contribution < 1.29 is 14.6 Å². The number of nitrogens with two attached hydrogens (primary N) is 1. The molecule has 3 N–H and O–H groups in total. The van der Waals surface area contributed by atoms with E-state index in [0.29, 0.717) is 11.3 Å². The molecule has 4 heteroatoms. The van der Waals surface area contributed by atoms with Crippen LogP contribution in [0.4, 0.5) is 0 Å². The predicted octanol–water partition coefficient (Wildman–Crippen LogP) is 1.29. The first-order chi connectivity index (χ1) is 7.13. The second kappa shape index (κ2) is 5.05. The van der Waals surface area contributed by atoms with E-state index in [2.05, 4.69) is 0 Å². The monoisotopic (exact) mass is 207 g/mol. The Hall–Kier alpha value is -1.97. The number of methoxy groups -OCH3 is 1. The largest absolute Gasteiger partial charge is 0.507 e. The van der Waals surface area contributed by atoms with Crippen LogP contribution in [-0.4, -0.2) is 18.1 Å². The molecule has 0 saturated heterocycles. The van der Waals surface area contributed by atoms with Gasteiger partial charge in [0.25, 0.3) is 0 Å². The molecule has 1 rings (SSSR count). The topological polar surface area (TPSA) is 72.5 Å². The van der Waals surface area contributed by atoms with Crippen molar-refractivity contribution in [3.05, 3.63) is 29.8 Å². The first-order valence-corrected chi connectivity index (χ1v) is 4.45. The smallest absolute Gasteiger partial charge is 0.221 e. The van der Waals surface area contributed by atoms with Gasteiger partial charge in [0.2, 0.25) is 5.91 Å². The van der Waals surface area contributed by atoms with E-state index >= 15 is 0 Å². The van der Waals surface area contributed by atoms with Crippen molar-refractivity contribution in [1.29, 1.82) is 0 Å². The summed E-state index contributed by atoms with van der Waals surface area (Å²) < 4.78 is 4.93. The minimum absolute atomic E-state index is 0.107. The molecule has 0 atom stereocenters. The number of benzene rings is 1. The molecular weight excluding hydrogens is 194 g/mol. The Kier molecular flexibility index (Phi) is 3.74. The number of amides is 1. The lowest BCUT2D eigenvalue weighted by Crippen LogP contribution is -2.07. The molecule has 0 fully saturated rings. The highest BCUT2D eigenvalue weighted by Gasteiger charge is 1.99. The number of aromatic hydroxyl groups is 1. The number of primary amides is 1. The van der Waals surface area contributed by atoms with E-state index in [1.54, 1.807) is 24.3 Å². The Balaban J connectivity index is 2.78. The van der Waals surface area contributed by atoms with Crippen LogP contribution in [-0.2, 0) is 4.79 Å². The van der Waals surface area contributed by atoms with Crippen molar-refractivity contribution in [3.63, 3.8) is 0 Å². The van der Waals surface area contributed by atoms with Gasteiger partial charge in [0.1, 0.15) is 11.5 Å². The molecule has 0 radical (unpaired) electrons. The van der Waals surface area contributed by atoms with Crippen molar-refractivity contribution in [3.8, 4) is 11.5 Å². The lowest BCUT2D eigenvalue weighted by Gasteiger charge is -2.02. The van der Waals surface area contributed by atoms with Gasteiger partial charge in [-0.25, -0.2) is 0 Å². The van der Waals surface area contributed by atoms with Crippen molar-refractivity contribution in [2.75, 3.05) is 7.11 Å². The minimum atomic E-state index is -0.403. The van der Waals surface area contributed by atoms with E-state index in [1.165, 1.54) is 13.2 Å². The van der Waals surface area contributed by atoms with E-state index in [4.69, 9.17) is 10.5 Å². The molecule has 4 nitrogen and oxygen atoms in total. The van der Waals surface area contributed by atoms with Gasteiger partial charge >= 0.3 is 0 Å². The normalized spacial score (nSPS) is 10.5. The number of hydrogen-bond donors (Lipinski definition) is 2. The standard InChI is InChI=1S/C11H13NO3/c1-15-9-6-5-8(10(13)7-9)3-2-4-11(12)14/h2-3,5-7,13H,4H2,1H3,(H2,12,14). The molecule has 0 aliphatic rings. The molecule has 1 aromatic rings. The molecule has 0 heterocycles. The second-order valence-corrected chi connectivity index (χ2v) is 3.00. The van der Waals surface area contributed by atoms with E-state index in [-0.39, 0.29) is 12.2 Å². The lowest BCUT2D eigenvalue weighted by atomic mass is 10.1. The molecule has 0 aliphatic carbocycles. The summed E-state index contributed by atoms with van der Waals surface area (Å²) in [5.74, 6) is 0.286. The van der Waals surface area contributed by atoms with Crippen LogP contribution in [0.2, 0.25) is 0 Å². The number of carbonyl (C=O) groups excluding carboxylic acids is 1. The lowest BCUT2D eigenvalue weighted by molar-refractivity contribution is -0.117. The average molecular weight is 207 g/mol. The first-order valence-electron chi connectivity index (χ1n) is 4.45. The van der Waals surface area contributed by atoms with E-state index in [1.807, 2.05) is 0 Å². The van der Waals surface area contributed by atoms with Gasteiger partial charge in [0.15, 0.2) is 0 Å². The maximum absolute atomic E-state index is 10.5. The molecule has 0 spiro atoms. The minimum Gasteiger partial charge on any atom is -0.507 e. The molecule has 0 aromatic heterocycles. The third kappa shape index (κ3) is 3.34. The van der Waals surface area contributed by atoms with E-state index < -0.39 is 5.91 Å². The highest BCUT2D eigenvalue weighted by atomic mass is 16.5. The summed E-state index contributed by atoms with van der Waals surface area (Å²) in [4.78, 5) is 10.5. The molecule has 80 valence electrons. The SMILES string of the molecule is COc1ccc(C=CCC(N)=O)c(O)c1. The molecule has 15 heavy (non-hydrogen) atoms. The van der Waals surface area contributed by atoms with Crippen molar-refractivity contribution in [1.82, 2.24) is 0 Å². The van der Waals surface area contributed by atoms with Crippen molar-refractivity contribution in [2.45, 2.75) is 6.42 Å². The van der Waals surface area contributed by atoms with E-state index in [9.17, 15) is 9.90 Å². The van der Waals surface area contributed by atoms with Crippen LogP contribution in [0.5, 0.6) is 11.5 Å². The van der Waals surface area contributed by atoms with Crippen LogP contribution in [0, 0.1) is 0 Å². The zero-order valence-corrected chi connectivity index (χ0v) is 8.43. The van der Waals surface area contributed by atoms with Crippen LogP contribution >= 0.6 is 0 Å². The van der Waals surface area contributed by atoms with Gasteiger partial charge < -0.3 is 15.6 Å². The number of ether oxygens (including phenoxy) is 1. The van der Waals surface area contributed by atoms with Crippen LogP contribution in [0.1, 0.15) is 12.0 Å². The number of phenolic OH excluding ortho intramolecular Hbond substituents is 1. The average Bonchev–Trinajstić information content (AvgIpc) is 2.20. The van der Waals surface area contributed by atoms with Crippen molar-refractivity contribution >= 4 is 12.0 Å². The molecule has 0 saturated carbocycles. The Labute approximate surface area is 88.0 Å². The fourth-order valence-corrected chi connectivity index (χ4v) is 1.09. The van der Waals surface area contributed by atoms with Crippen molar-refractivity contribution in [2.24, 2.45) is 5.73 Å². The van der Waals surface area contributed by atoms with Gasteiger partial charge in [-0.1, -0.05) is 12.2 Å². The second-order valence-electron chi connectivity index (χ2n) is 3.00. The fraction of sp³-hybridized carbons (Fsp3) is 0.182. The maximum atomic E-state index is 10.5. The van der Waals surface area contributed by atoms with Gasteiger partial charge in [0, 0.05) is 18.1 Å². The van der Waals surface area contributed by atoms with E-state index in [0.717, 1.165) is 0 Å². The molecule has 1 aromatic carbocycles. The maximum Gasteiger partial charge on any atom is 0.221 e.